The van der Waals surface area contributed by atoms with E-state index < -0.39 is 41.3 Å². The fourth-order valence-corrected chi connectivity index (χ4v) is 4.08. The maximum atomic E-state index is 12.9. The molecule has 3 aromatic rings. The summed E-state index contributed by atoms with van der Waals surface area (Å²) in [4.78, 5) is 82.2. The van der Waals surface area contributed by atoms with Crippen LogP contribution in [0.15, 0.2) is 24.7 Å². The van der Waals surface area contributed by atoms with Crippen LogP contribution in [0.3, 0.4) is 0 Å². The number of anilines is 3. The van der Waals surface area contributed by atoms with Gasteiger partial charge in [-0.2, -0.15) is 0 Å². The molecule has 0 aliphatic carbocycles. The molecule has 0 fully saturated rings. The lowest BCUT2D eigenvalue weighted by molar-refractivity contribution is -0.117. The van der Waals surface area contributed by atoms with Gasteiger partial charge >= 0.3 is 12.1 Å². The van der Waals surface area contributed by atoms with Gasteiger partial charge in [0.25, 0.3) is 11.8 Å². The summed E-state index contributed by atoms with van der Waals surface area (Å²) in [6, 6.07) is 1.46. The highest BCUT2D eigenvalue weighted by atomic mass is 16.6. The highest BCUT2D eigenvalue weighted by Gasteiger charge is 2.20. The number of aryl methyl sites for hydroxylation is 3. The van der Waals surface area contributed by atoms with E-state index >= 15 is 0 Å². The number of hydrogen-bond donors (Lipinski definition) is 5. The smallest absolute Gasteiger partial charge is 0.407 e. The number of aromatic nitrogens is 5. The van der Waals surface area contributed by atoms with Crippen LogP contribution in [0.5, 0.6) is 0 Å². The first-order valence-electron chi connectivity index (χ1n) is 14.6. The van der Waals surface area contributed by atoms with Crippen LogP contribution in [-0.2, 0) is 40.2 Å². The average Bonchev–Trinajstić information content (AvgIpc) is 3.63. The molecule has 0 radical (unpaired) electrons. The van der Waals surface area contributed by atoms with Crippen LogP contribution in [-0.4, -0.2) is 84.7 Å². The first-order chi connectivity index (χ1) is 22.1. The van der Waals surface area contributed by atoms with Crippen molar-refractivity contribution >= 4 is 53.0 Å². The quantitative estimate of drug-likeness (QED) is 0.167. The van der Waals surface area contributed by atoms with Crippen LogP contribution in [0.4, 0.5) is 22.1 Å². The molecule has 3 heterocycles. The number of hydrogen-bond acceptors (Lipinski definition) is 10. The van der Waals surface area contributed by atoms with Crippen LogP contribution in [0.25, 0.3) is 0 Å². The van der Waals surface area contributed by atoms with E-state index in [0.29, 0.717) is 5.69 Å². The van der Waals surface area contributed by atoms with Crippen LogP contribution < -0.4 is 26.6 Å². The third kappa shape index (κ3) is 10.7. The lowest BCUT2D eigenvalue weighted by atomic mass is 10.2. The monoisotopic (exact) mass is 656 g/mol. The standard InChI is InChI=1S/C29H40N10O8/c1-8-46-27(44)24-36-20(16-39(24)7)34-21(40)9-11-30-25(42)18-13-17(14-37(18)5)32-26(43)23-35-19(15-38(23)6)33-22(41)10-12-31-28(45)47-29(2,3)4/h13-16H,8-12H2,1-7H3,(H,30,42)(H,31,45)(H,32,43)(H,33,41)(H,34,40). The molecule has 254 valence electrons. The van der Waals surface area contributed by atoms with Crippen molar-refractivity contribution in [2.45, 2.75) is 46.1 Å². The maximum absolute atomic E-state index is 12.9. The number of amides is 5. The molecule has 18 nitrogen and oxygen atoms in total. The van der Waals surface area contributed by atoms with Gasteiger partial charge in [0.15, 0.2) is 11.6 Å². The van der Waals surface area contributed by atoms with Crippen molar-refractivity contribution in [2.75, 3.05) is 35.6 Å². The molecular formula is C29H40N10O8. The van der Waals surface area contributed by atoms with Gasteiger partial charge in [-0.3, -0.25) is 19.2 Å². The van der Waals surface area contributed by atoms with Gasteiger partial charge in [0.2, 0.25) is 23.5 Å². The molecular weight excluding hydrogens is 616 g/mol. The fraction of sp³-hybridized carbons (Fsp3) is 0.448. The Morgan fingerprint density at radius 3 is 1.87 bits per heavy atom. The minimum atomic E-state index is -0.660. The Morgan fingerprint density at radius 1 is 0.745 bits per heavy atom. The molecule has 0 saturated heterocycles. The van der Waals surface area contributed by atoms with Crippen molar-refractivity contribution in [1.29, 1.82) is 0 Å². The molecule has 18 heteroatoms. The number of nitrogens with one attached hydrogen (secondary N) is 5. The number of nitrogens with zero attached hydrogens (tertiary/aromatic N) is 5. The van der Waals surface area contributed by atoms with Crippen molar-refractivity contribution in [3.8, 4) is 0 Å². The predicted molar refractivity (Wildman–Crippen MR) is 169 cm³/mol. The van der Waals surface area contributed by atoms with Crippen molar-refractivity contribution in [2.24, 2.45) is 21.1 Å². The molecule has 0 aliphatic heterocycles. The Hall–Kier alpha value is -5.68. The van der Waals surface area contributed by atoms with E-state index in [-0.39, 0.29) is 61.5 Å². The highest BCUT2D eigenvalue weighted by Crippen LogP contribution is 2.16. The fourth-order valence-electron chi connectivity index (χ4n) is 4.08. The van der Waals surface area contributed by atoms with Crippen LogP contribution >= 0.6 is 0 Å². The van der Waals surface area contributed by atoms with E-state index in [1.165, 1.54) is 38.4 Å². The first-order valence-corrected chi connectivity index (χ1v) is 14.6. The summed E-state index contributed by atoms with van der Waals surface area (Å²) in [5.74, 6) is -2.19. The Kier molecular flexibility index (Phi) is 11.8. The predicted octanol–water partition coefficient (Wildman–Crippen LogP) is 1.53. The molecule has 0 spiro atoms. The zero-order chi connectivity index (χ0) is 34.9. The molecule has 0 unspecified atom stereocenters. The van der Waals surface area contributed by atoms with Crippen molar-refractivity contribution < 1.29 is 38.2 Å². The normalized spacial score (nSPS) is 11.0. The van der Waals surface area contributed by atoms with Gasteiger partial charge in [-0.15, -0.1) is 0 Å². The number of carbonyl (C=O) groups excluding carboxylic acids is 6. The Bertz CT molecular complexity index is 1650. The summed E-state index contributed by atoms with van der Waals surface area (Å²) >= 11 is 0. The van der Waals surface area contributed by atoms with E-state index in [1.807, 2.05) is 0 Å². The third-order valence-corrected chi connectivity index (χ3v) is 6.10. The number of rotatable bonds is 13. The van der Waals surface area contributed by atoms with Gasteiger partial charge in [-0.05, 0) is 33.8 Å². The Morgan fingerprint density at radius 2 is 1.30 bits per heavy atom. The van der Waals surface area contributed by atoms with Crippen LogP contribution in [0.1, 0.15) is 72.3 Å². The van der Waals surface area contributed by atoms with E-state index in [9.17, 15) is 28.8 Å². The lowest BCUT2D eigenvalue weighted by Gasteiger charge is -2.19. The number of ether oxygens (including phenoxy) is 2. The topological polar surface area (TPSA) is 222 Å². The summed E-state index contributed by atoms with van der Waals surface area (Å²) in [6.07, 6.45) is 3.72. The summed E-state index contributed by atoms with van der Waals surface area (Å²) in [6.45, 7) is 7.10. The lowest BCUT2D eigenvalue weighted by Crippen LogP contribution is -2.34. The maximum Gasteiger partial charge on any atom is 0.407 e. The van der Waals surface area contributed by atoms with Gasteiger partial charge in [-0.25, -0.2) is 19.6 Å². The molecule has 0 aliphatic rings. The third-order valence-electron chi connectivity index (χ3n) is 6.10. The number of esters is 1. The minimum Gasteiger partial charge on any atom is -0.460 e. The average molecular weight is 657 g/mol. The Balaban J connectivity index is 1.47. The second-order valence-electron chi connectivity index (χ2n) is 11.3. The van der Waals surface area contributed by atoms with Crippen molar-refractivity contribution in [3.05, 3.63) is 42.0 Å². The Labute approximate surface area is 270 Å². The number of alkyl carbamates (subject to hydrolysis) is 1. The molecule has 0 atom stereocenters. The summed E-state index contributed by atoms with van der Waals surface area (Å²) in [5.41, 5.74) is -0.125. The van der Waals surface area contributed by atoms with Gasteiger partial charge in [-0.1, -0.05) is 0 Å². The number of imidazole rings is 2. The number of carbonyl (C=O) groups is 6. The summed E-state index contributed by atoms with van der Waals surface area (Å²) in [7, 11) is 4.79. The second-order valence-corrected chi connectivity index (χ2v) is 11.3. The minimum absolute atomic E-state index is 0.00432. The highest BCUT2D eigenvalue weighted by molar-refractivity contribution is 6.03. The van der Waals surface area contributed by atoms with Crippen LogP contribution in [0.2, 0.25) is 0 Å². The molecule has 47 heavy (non-hydrogen) atoms. The molecule has 5 amide bonds. The SMILES string of the molecule is CCOC(=O)c1nc(NC(=O)CCNC(=O)c2cc(NC(=O)c3nc(NC(=O)CCNC(=O)OC(C)(C)C)cn3C)cn2C)cn1C. The largest absolute Gasteiger partial charge is 0.460 e. The van der Waals surface area contributed by atoms with Gasteiger partial charge < -0.3 is 49.8 Å². The summed E-state index contributed by atoms with van der Waals surface area (Å²) < 4.78 is 14.4. The van der Waals surface area contributed by atoms with Crippen molar-refractivity contribution in [1.82, 2.24) is 34.3 Å². The van der Waals surface area contributed by atoms with Gasteiger partial charge in [0, 0.05) is 65.7 Å². The van der Waals surface area contributed by atoms with Crippen LogP contribution in [0, 0.1) is 0 Å². The zero-order valence-electron chi connectivity index (χ0n) is 27.3. The van der Waals surface area contributed by atoms with Gasteiger partial charge in [0.05, 0.1) is 12.3 Å². The first kappa shape index (κ1) is 35.8. The molecule has 3 aromatic heterocycles. The van der Waals surface area contributed by atoms with E-state index in [2.05, 4.69) is 36.6 Å². The molecule has 0 bridgehead atoms. The van der Waals surface area contributed by atoms with E-state index in [0.717, 1.165) is 0 Å². The van der Waals surface area contributed by atoms with Gasteiger partial charge in [0.1, 0.15) is 11.3 Å². The zero-order valence-corrected chi connectivity index (χ0v) is 27.3. The van der Waals surface area contributed by atoms with E-state index in [4.69, 9.17) is 9.47 Å². The van der Waals surface area contributed by atoms with Crippen molar-refractivity contribution in [3.63, 3.8) is 0 Å². The molecule has 0 aromatic carbocycles. The second kappa shape index (κ2) is 15.5. The van der Waals surface area contributed by atoms with E-state index in [1.54, 1.807) is 48.8 Å². The summed E-state index contributed by atoms with van der Waals surface area (Å²) in [5, 5.41) is 12.9. The molecule has 0 saturated carbocycles. The molecule has 5 N–H and O–H groups in total. The molecule has 3 rings (SSSR count).